The molecule has 1 nitrogen and oxygen atoms in total. The van der Waals surface area contributed by atoms with E-state index < -0.39 is 11.0 Å². The number of carbonyl (C=O) groups is 1. The van der Waals surface area contributed by atoms with E-state index in [0.29, 0.717) is 5.56 Å². The molecule has 0 aliphatic heterocycles. The van der Waals surface area contributed by atoms with E-state index in [1.54, 1.807) is 24.3 Å². The summed E-state index contributed by atoms with van der Waals surface area (Å²) < 4.78 is 13.2. The molecule has 0 amide bonds. The second-order valence-corrected chi connectivity index (χ2v) is 4.23. The summed E-state index contributed by atoms with van der Waals surface area (Å²) in [7, 11) is 0. The van der Waals surface area contributed by atoms with Crippen molar-refractivity contribution in [3.05, 3.63) is 60.2 Å². The van der Waals surface area contributed by atoms with Crippen LogP contribution in [0.25, 0.3) is 0 Å². The first-order chi connectivity index (χ1) is 7.58. The van der Waals surface area contributed by atoms with Crippen LogP contribution in [0.1, 0.15) is 10.4 Å². The lowest BCUT2D eigenvalue weighted by atomic mass is 9.93. The van der Waals surface area contributed by atoms with E-state index in [2.05, 4.69) is 0 Å². The predicted octanol–water partition coefficient (Wildman–Crippen LogP) is 3.52. The van der Waals surface area contributed by atoms with E-state index in [-0.39, 0.29) is 5.78 Å². The number of halogens is 2. The van der Waals surface area contributed by atoms with Crippen molar-refractivity contribution in [2.45, 2.75) is 5.13 Å². The van der Waals surface area contributed by atoms with Gasteiger partial charge in [-0.25, -0.2) is 4.39 Å². The minimum atomic E-state index is -1.95. The highest BCUT2D eigenvalue weighted by atomic mass is 35.5. The van der Waals surface area contributed by atoms with Crippen LogP contribution in [0, 0.1) is 5.92 Å². The Morgan fingerprint density at radius 3 is 2.31 bits per heavy atom. The molecule has 0 aromatic heterocycles. The zero-order valence-corrected chi connectivity index (χ0v) is 9.19. The summed E-state index contributed by atoms with van der Waals surface area (Å²) in [5.74, 6) is -0.481. The van der Waals surface area contributed by atoms with Crippen LogP contribution in [-0.2, 0) is 0 Å². The number of hydrogen-bond acceptors (Lipinski definition) is 1. The fourth-order valence-electron chi connectivity index (χ4n) is 1.55. The smallest absolute Gasteiger partial charge is 0.220 e. The van der Waals surface area contributed by atoms with Crippen molar-refractivity contribution >= 4 is 17.4 Å². The molecule has 0 heterocycles. The van der Waals surface area contributed by atoms with Crippen molar-refractivity contribution in [3.8, 4) is 0 Å². The van der Waals surface area contributed by atoms with Crippen molar-refractivity contribution in [3.63, 3.8) is 0 Å². The Morgan fingerprint density at radius 1 is 1.19 bits per heavy atom. The summed E-state index contributed by atoms with van der Waals surface area (Å²) in [6, 6.07) is 8.91. The van der Waals surface area contributed by atoms with E-state index in [1.807, 2.05) is 6.07 Å². The summed E-state index contributed by atoms with van der Waals surface area (Å²) in [5, 5.41) is -1.95. The molecule has 0 spiro atoms. The SMILES string of the molecule is O=C(c1ccccc1)C1C=CC(F)(Cl)C=C1. The molecule has 16 heavy (non-hydrogen) atoms. The van der Waals surface area contributed by atoms with Crippen molar-refractivity contribution in [1.82, 2.24) is 0 Å². The summed E-state index contributed by atoms with van der Waals surface area (Å²) in [4.78, 5) is 11.9. The molecule has 0 bridgehead atoms. The number of alkyl halides is 2. The molecule has 0 fully saturated rings. The van der Waals surface area contributed by atoms with Crippen LogP contribution >= 0.6 is 11.6 Å². The molecule has 1 aliphatic carbocycles. The maximum absolute atomic E-state index is 13.2. The van der Waals surface area contributed by atoms with E-state index in [4.69, 9.17) is 11.6 Å². The minimum Gasteiger partial charge on any atom is -0.293 e. The molecule has 0 atom stereocenters. The standard InChI is InChI=1S/C13H10ClFO/c14-13(15)8-6-11(7-9-13)12(16)10-4-2-1-3-5-10/h1-9,11H. The molecule has 2 rings (SSSR count). The molecule has 3 heteroatoms. The summed E-state index contributed by atoms with van der Waals surface area (Å²) >= 11 is 5.44. The van der Waals surface area contributed by atoms with Crippen LogP contribution in [0.3, 0.4) is 0 Å². The third-order valence-corrected chi connectivity index (χ3v) is 2.66. The Kier molecular flexibility index (Phi) is 2.92. The molecule has 0 saturated carbocycles. The van der Waals surface area contributed by atoms with Gasteiger partial charge in [-0.3, -0.25) is 4.79 Å². The van der Waals surface area contributed by atoms with Crippen LogP contribution in [0.5, 0.6) is 0 Å². The lowest BCUT2D eigenvalue weighted by Crippen LogP contribution is -2.17. The average Bonchev–Trinajstić information content (AvgIpc) is 2.29. The molecule has 1 aromatic carbocycles. The molecule has 0 unspecified atom stereocenters. The van der Waals surface area contributed by atoms with Gasteiger partial charge in [0, 0.05) is 5.56 Å². The first kappa shape index (κ1) is 11.1. The number of hydrogen-bond donors (Lipinski definition) is 0. The van der Waals surface area contributed by atoms with Crippen molar-refractivity contribution < 1.29 is 9.18 Å². The van der Waals surface area contributed by atoms with E-state index in [0.717, 1.165) is 0 Å². The Labute approximate surface area is 98.2 Å². The van der Waals surface area contributed by atoms with Crippen molar-refractivity contribution in [2.75, 3.05) is 0 Å². The number of rotatable bonds is 2. The second-order valence-electron chi connectivity index (χ2n) is 3.65. The average molecular weight is 237 g/mol. The van der Waals surface area contributed by atoms with Gasteiger partial charge in [-0.1, -0.05) is 54.1 Å². The predicted molar refractivity (Wildman–Crippen MR) is 62.2 cm³/mol. The van der Waals surface area contributed by atoms with Crippen LogP contribution in [0.4, 0.5) is 4.39 Å². The van der Waals surface area contributed by atoms with Gasteiger partial charge in [-0.15, -0.1) is 0 Å². The first-order valence-corrected chi connectivity index (χ1v) is 5.32. The maximum Gasteiger partial charge on any atom is 0.220 e. The number of carbonyl (C=O) groups excluding carboxylic acids is 1. The van der Waals surface area contributed by atoms with Crippen LogP contribution in [0.15, 0.2) is 54.6 Å². The molecule has 1 aliphatic rings. The van der Waals surface area contributed by atoms with Gasteiger partial charge in [-0.2, -0.15) is 0 Å². The van der Waals surface area contributed by atoms with Gasteiger partial charge in [-0.05, 0) is 12.2 Å². The Hall–Kier alpha value is -1.41. The minimum absolute atomic E-state index is 0.0553. The summed E-state index contributed by atoms with van der Waals surface area (Å²) in [6.45, 7) is 0. The number of allylic oxidation sites excluding steroid dienone is 4. The summed E-state index contributed by atoms with van der Waals surface area (Å²) in [5.41, 5.74) is 0.614. The molecule has 0 saturated heterocycles. The van der Waals surface area contributed by atoms with Crippen molar-refractivity contribution in [1.29, 1.82) is 0 Å². The van der Waals surface area contributed by atoms with E-state index >= 15 is 0 Å². The number of ketones is 1. The van der Waals surface area contributed by atoms with Gasteiger partial charge in [0.25, 0.3) is 0 Å². The summed E-state index contributed by atoms with van der Waals surface area (Å²) in [6.07, 6.45) is 5.37. The van der Waals surface area contributed by atoms with E-state index in [9.17, 15) is 9.18 Å². The fourth-order valence-corrected chi connectivity index (χ4v) is 1.70. The topological polar surface area (TPSA) is 17.1 Å². The van der Waals surface area contributed by atoms with Gasteiger partial charge in [0.1, 0.15) is 0 Å². The number of Topliss-reactive ketones (excluding diaryl/α,β-unsaturated/α-hetero) is 1. The van der Waals surface area contributed by atoms with Gasteiger partial charge >= 0.3 is 0 Å². The van der Waals surface area contributed by atoms with Gasteiger partial charge in [0.05, 0.1) is 5.92 Å². The molecule has 0 radical (unpaired) electrons. The monoisotopic (exact) mass is 236 g/mol. The second kappa shape index (κ2) is 4.22. The molecular formula is C13H10ClFO. The largest absolute Gasteiger partial charge is 0.293 e. The highest BCUT2D eigenvalue weighted by Crippen LogP contribution is 2.27. The maximum atomic E-state index is 13.2. The van der Waals surface area contributed by atoms with Gasteiger partial charge < -0.3 is 0 Å². The van der Waals surface area contributed by atoms with E-state index in [1.165, 1.54) is 24.3 Å². The third kappa shape index (κ3) is 2.39. The number of benzene rings is 1. The highest BCUT2D eigenvalue weighted by Gasteiger charge is 2.25. The molecule has 82 valence electrons. The normalized spacial score (nSPS) is 28.0. The molecular weight excluding hydrogens is 227 g/mol. The fraction of sp³-hybridized carbons (Fsp3) is 0.154. The Bertz CT molecular complexity index is 432. The molecule has 0 N–H and O–H groups in total. The highest BCUT2D eigenvalue weighted by molar-refractivity contribution is 6.25. The van der Waals surface area contributed by atoms with Gasteiger partial charge in [0.2, 0.25) is 5.13 Å². The van der Waals surface area contributed by atoms with Crippen LogP contribution in [-0.4, -0.2) is 10.9 Å². The zero-order chi connectivity index (χ0) is 11.6. The van der Waals surface area contributed by atoms with Gasteiger partial charge in [0.15, 0.2) is 5.78 Å². The third-order valence-electron chi connectivity index (χ3n) is 2.41. The van der Waals surface area contributed by atoms with Crippen molar-refractivity contribution in [2.24, 2.45) is 5.92 Å². The van der Waals surface area contributed by atoms with Crippen LogP contribution < -0.4 is 0 Å². The Morgan fingerprint density at radius 2 is 1.75 bits per heavy atom. The Balaban J connectivity index is 2.18. The first-order valence-electron chi connectivity index (χ1n) is 4.94. The quantitative estimate of drug-likeness (QED) is 0.436. The van der Waals surface area contributed by atoms with Crippen LogP contribution in [0.2, 0.25) is 0 Å². The zero-order valence-electron chi connectivity index (χ0n) is 8.44. The molecule has 1 aromatic rings. The lowest BCUT2D eigenvalue weighted by molar-refractivity contribution is 0.0964. The lowest BCUT2D eigenvalue weighted by Gasteiger charge is -2.16.